The molecule has 3 aromatic rings. The highest BCUT2D eigenvalue weighted by atomic mass is 32.2. The molecule has 0 aliphatic rings. The maximum Gasteiger partial charge on any atom is 0.264 e. The number of nitrogens with one attached hydrogen (secondary N) is 1. The standard InChI is InChI=1S/C23H23FN2O3S/c1-3-18-6-4-5-7-22(18)25-23(27)16-26(20-12-10-19(24)11-13-20)30(28,29)21-14-8-17(2)9-15-21/h4-15H,3,16H2,1-2H3,(H,25,27). The first-order chi connectivity index (χ1) is 14.3. The molecule has 0 radical (unpaired) electrons. The number of aryl methyl sites for hydroxylation is 2. The summed E-state index contributed by atoms with van der Waals surface area (Å²) in [6, 6.07) is 18.7. The second-order valence-electron chi connectivity index (χ2n) is 6.86. The van der Waals surface area contributed by atoms with Crippen molar-refractivity contribution in [2.75, 3.05) is 16.2 Å². The Morgan fingerprint density at radius 1 is 0.967 bits per heavy atom. The van der Waals surface area contributed by atoms with Crippen LogP contribution in [0.15, 0.2) is 77.7 Å². The third kappa shape index (κ3) is 4.86. The van der Waals surface area contributed by atoms with Gasteiger partial charge in [-0.15, -0.1) is 0 Å². The normalized spacial score (nSPS) is 11.2. The Balaban J connectivity index is 1.94. The van der Waals surface area contributed by atoms with Gasteiger partial charge in [-0.3, -0.25) is 9.10 Å². The van der Waals surface area contributed by atoms with E-state index in [9.17, 15) is 17.6 Å². The van der Waals surface area contributed by atoms with E-state index in [4.69, 9.17) is 0 Å². The molecule has 0 heterocycles. The van der Waals surface area contributed by atoms with Crippen LogP contribution in [0.5, 0.6) is 0 Å². The van der Waals surface area contributed by atoms with Crippen LogP contribution in [0.4, 0.5) is 15.8 Å². The molecule has 0 aromatic heterocycles. The fourth-order valence-corrected chi connectivity index (χ4v) is 4.45. The van der Waals surface area contributed by atoms with E-state index in [1.807, 2.05) is 26.0 Å². The molecule has 0 aliphatic carbocycles. The van der Waals surface area contributed by atoms with Gasteiger partial charge in [0.2, 0.25) is 5.91 Å². The van der Waals surface area contributed by atoms with Crippen LogP contribution >= 0.6 is 0 Å². The molecule has 0 saturated carbocycles. The molecule has 156 valence electrons. The van der Waals surface area contributed by atoms with Crippen LogP contribution in [0, 0.1) is 12.7 Å². The van der Waals surface area contributed by atoms with Gasteiger partial charge < -0.3 is 5.32 Å². The van der Waals surface area contributed by atoms with E-state index in [0.717, 1.165) is 34.0 Å². The van der Waals surface area contributed by atoms with Crippen LogP contribution in [0.1, 0.15) is 18.1 Å². The summed E-state index contributed by atoms with van der Waals surface area (Å²) in [6.45, 7) is 3.38. The lowest BCUT2D eigenvalue weighted by atomic mass is 10.1. The Kier molecular flexibility index (Phi) is 6.52. The van der Waals surface area contributed by atoms with Crippen LogP contribution in [-0.2, 0) is 21.2 Å². The second kappa shape index (κ2) is 9.09. The van der Waals surface area contributed by atoms with Crippen LogP contribution in [-0.4, -0.2) is 20.9 Å². The fourth-order valence-electron chi connectivity index (χ4n) is 3.03. The van der Waals surface area contributed by atoms with Gasteiger partial charge in [-0.2, -0.15) is 0 Å². The van der Waals surface area contributed by atoms with Crippen LogP contribution in [0.2, 0.25) is 0 Å². The molecule has 0 bridgehead atoms. The maximum absolute atomic E-state index is 13.4. The van der Waals surface area contributed by atoms with Crippen molar-refractivity contribution in [3.8, 4) is 0 Å². The number of hydrogen-bond acceptors (Lipinski definition) is 3. The van der Waals surface area contributed by atoms with Crippen molar-refractivity contribution in [1.29, 1.82) is 0 Å². The monoisotopic (exact) mass is 426 g/mol. The molecule has 0 atom stereocenters. The molecular formula is C23H23FN2O3S. The molecule has 3 aromatic carbocycles. The van der Waals surface area contributed by atoms with E-state index < -0.39 is 28.3 Å². The van der Waals surface area contributed by atoms with Crippen molar-refractivity contribution in [1.82, 2.24) is 0 Å². The highest BCUT2D eigenvalue weighted by Crippen LogP contribution is 2.25. The Hall–Kier alpha value is -3.19. The zero-order valence-corrected chi connectivity index (χ0v) is 17.6. The lowest BCUT2D eigenvalue weighted by molar-refractivity contribution is -0.114. The quantitative estimate of drug-likeness (QED) is 0.604. The van der Waals surface area contributed by atoms with Gasteiger partial charge in [0.05, 0.1) is 10.6 Å². The smallest absolute Gasteiger partial charge is 0.264 e. The number of hydrogen-bond donors (Lipinski definition) is 1. The van der Waals surface area contributed by atoms with Gasteiger partial charge in [0.1, 0.15) is 12.4 Å². The zero-order valence-electron chi connectivity index (χ0n) is 16.8. The Labute approximate surface area is 176 Å². The van der Waals surface area contributed by atoms with Crippen LogP contribution in [0.3, 0.4) is 0 Å². The van der Waals surface area contributed by atoms with Crippen molar-refractivity contribution in [3.05, 3.63) is 89.7 Å². The number of amides is 1. The molecule has 30 heavy (non-hydrogen) atoms. The largest absolute Gasteiger partial charge is 0.324 e. The minimum Gasteiger partial charge on any atom is -0.324 e. The first-order valence-electron chi connectivity index (χ1n) is 9.54. The number of benzene rings is 3. The van der Waals surface area contributed by atoms with Gasteiger partial charge in [0.15, 0.2) is 0 Å². The third-order valence-corrected chi connectivity index (χ3v) is 6.47. The number of halogens is 1. The van der Waals surface area contributed by atoms with E-state index in [-0.39, 0.29) is 10.6 Å². The highest BCUT2D eigenvalue weighted by Gasteiger charge is 2.27. The van der Waals surface area contributed by atoms with Crippen molar-refractivity contribution in [3.63, 3.8) is 0 Å². The predicted octanol–water partition coefficient (Wildman–Crippen LogP) is 4.53. The number of anilines is 2. The van der Waals surface area contributed by atoms with Gasteiger partial charge in [0.25, 0.3) is 10.0 Å². The van der Waals surface area contributed by atoms with Gasteiger partial charge in [-0.1, -0.05) is 42.8 Å². The summed E-state index contributed by atoms with van der Waals surface area (Å²) in [5.74, 6) is -0.983. The molecule has 1 N–H and O–H groups in total. The topological polar surface area (TPSA) is 66.5 Å². The summed E-state index contributed by atoms with van der Waals surface area (Å²) in [7, 11) is -4.04. The molecule has 3 rings (SSSR count). The van der Waals surface area contributed by atoms with Crippen molar-refractivity contribution in [2.24, 2.45) is 0 Å². The number of sulfonamides is 1. The van der Waals surface area contributed by atoms with Crippen LogP contribution in [0.25, 0.3) is 0 Å². The van der Waals surface area contributed by atoms with Gasteiger partial charge in [-0.25, -0.2) is 12.8 Å². The highest BCUT2D eigenvalue weighted by molar-refractivity contribution is 7.92. The third-order valence-electron chi connectivity index (χ3n) is 4.68. The lowest BCUT2D eigenvalue weighted by Gasteiger charge is -2.24. The molecule has 0 unspecified atom stereocenters. The SMILES string of the molecule is CCc1ccccc1NC(=O)CN(c1ccc(F)cc1)S(=O)(=O)c1ccc(C)cc1. The van der Waals surface area contributed by atoms with E-state index >= 15 is 0 Å². The van der Waals surface area contributed by atoms with Crippen molar-refractivity contribution in [2.45, 2.75) is 25.2 Å². The summed E-state index contributed by atoms with van der Waals surface area (Å²) in [4.78, 5) is 12.8. The molecule has 0 saturated heterocycles. The summed E-state index contributed by atoms with van der Waals surface area (Å²) in [5.41, 5.74) is 2.70. The van der Waals surface area contributed by atoms with Gasteiger partial charge >= 0.3 is 0 Å². The summed E-state index contributed by atoms with van der Waals surface area (Å²) in [6.07, 6.45) is 0.722. The van der Waals surface area contributed by atoms with E-state index in [0.29, 0.717) is 5.69 Å². The fraction of sp³-hybridized carbons (Fsp3) is 0.174. The molecule has 0 fully saturated rings. The lowest BCUT2D eigenvalue weighted by Crippen LogP contribution is -2.38. The number of rotatable bonds is 7. The summed E-state index contributed by atoms with van der Waals surface area (Å²) < 4.78 is 41.0. The number of carbonyl (C=O) groups excluding carboxylic acids is 1. The molecule has 0 spiro atoms. The average molecular weight is 427 g/mol. The van der Waals surface area contributed by atoms with Crippen molar-refractivity contribution < 1.29 is 17.6 Å². The summed E-state index contributed by atoms with van der Waals surface area (Å²) in [5, 5.41) is 2.79. The zero-order chi connectivity index (χ0) is 21.7. The average Bonchev–Trinajstić information content (AvgIpc) is 2.73. The van der Waals surface area contributed by atoms with E-state index in [1.165, 1.54) is 24.3 Å². The predicted molar refractivity (Wildman–Crippen MR) is 117 cm³/mol. The van der Waals surface area contributed by atoms with Gasteiger partial charge in [0, 0.05) is 5.69 Å². The minimum absolute atomic E-state index is 0.0548. The Morgan fingerprint density at radius 2 is 1.60 bits per heavy atom. The Bertz CT molecular complexity index is 1130. The Morgan fingerprint density at radius 3 is 2.23 bits per heavy atom. The number of para-hydroxylation sites is 1. The minimum atomic E-state index is -4.04. The number of carbonyl (C=O) groups is 1. The van der Waals surface area contributed by atoms with E-state index in [2.05, 4.69) is 5.32 Å². The number of nitrogens with zero attached hydrogens (tertiary/aromatic N) is 1. The van der Waals surface area contributed by atoms with E-state index in [1.54, 1.807) is 24.3 Å². The maximum atomic E-state index is 13.4. The van der Waals surface area contributed by atoms with Gasteiger partial charge in [-0.05, 0) is 61.4 Å². The molecular weight excluding hydrogens is 403 g/mol. The van der Waals surface area contributed by atoms with Crippen molar-refractivity contribution >= 4 is 27.3 Å². The first kappa shape index (κ1) is 21.5. The molecule has 7 heteroatoms. The molecule has 1 amide bonds. The summed E-state index contributed by atoms with van der Waals surface area (Å²) >= 11 is 0. The molecule has 5 nitrogen and oxygen atoms in total. The first-order valence-corrected chi connectivity index (χ1v) is 11.0. The molecule has 0 aliphatic heterocycles. The van der Waals surface area contributed by atoms with Crippen LogP contribution < -0.4 is 9.62 Å². The second-order valence-corrected chi connectivity index (χ2v) is 8.72.